The van der Waals surface area contributed by atoms with Crippen molar-refractivity contribution in [2.45, 2.75) is 25.2 Å². The average Bonchev–Trinajstić information content (AvgIpc) is 2.57. The van der Waals surface area contributed by atoms with Crippen LogP contribution in [0.1, 0.15) is 28.7 Å². The molecule has 0 bridgehead atoms. The molecule has 2 nitrogen and oxygen atoms in total. The molecule has 0 heterocycles. The molecule has 0 fully saturated rings. The predicted molar refractivity (Wildman–Crippen MR) is 86.8 cm³/mol. The maximum absolute atomic E-state index is 12.9. The summed E-state index contributed by atoms with van der Waals surface area (Å²) in [5.74, 6) is -1.41. The van der Waals surface area contributed by atoms with Gasteiger partial charge in [0.05, 0.1) is 11.1 Å². The molecule has 0 radical (unpaired) electrons. The van der Waals surface area contributed by atoms with Gasteiger partial charge in [0.1, 0.15) is 0 Å². The molecule has 27 heavy (non-hydrogen) atoms. The highest BCUT2D eigenvalue weighted by Crippen LogP contribution is 2.36. The molecular formula is C19H14F6O2. The Morgan fingerprint density at radius 3 is 1.85 bits per heavy atom. The Labute approximate surface area is 150 Å². The number of halogens is 6. The average molecular weight is 388 g/mol. The van der Waals surface area contributed by atoms with Gasteiger partial charge >= 0.3 is 18.3 Å². The molecule has 0 aliphatic carbocycles. The predicted octanol–water partition coefficient (Wildman–Crippen LogP) is 5.83. The third-order valence-electron chi connectivity index (χ3n) is 3.75. The van der Waals surface area contributed by atoms with Crippen LogP contribution in [-0.4, -0.2) is 11.1 Å². The molecule has 2 rings (SSSR count). The largest absolute Gasteiger partial charge is 0.478 e. The lowest BCUT2D eigenvalue weighted by Crippen LogP contribution is -2.11. The second-order valence-electron chi connectivity index (χ2n) is 5.80. The molecule has 2 aromatic rings. The maximum atomic E-state index is 12.9. The lowest BCUT2D eigenvalue weighted by atomic mass is 9.99. The molecule has 0 aliphatic rings. The number of alkyl halides is 6. The Morgan fingerprint density at radius 2 is 1.41 bits per heavy atom. The van der Waals surface area contributed by atoms with Crippen LogP contribution < -0.4 is 0 Å². The zero-order valence-corrected chi connectivity index (χ0v) is 13.7. The zero-order valence-electron chi connectivity index (χ0n) is 13.7. The van der Waals surface area contributed by atoms with Crippen LogP contribution in [0.5, 0.6) is 0 Å². The Balaban J connectivity index is 2.41. The van der Waals surface area contributed by atoms with Crippen molar-refractivity contribution < 1.29 is 36.2 Å². The molecule has 0 atom stereocenters. The van der Waals surface area contributed by atoms with Crippen LogP contribution in [0, 0.1) is 0 Å². The van der Waals surface area contributed by atoms with E-state index in [4.69, 9.17) is 0 Å². The fourth-order valence-corrected chi connectivity index (χ4v) is 2.43. The first-order valence-electron chi connectivity index (χ1n) is 7.74. The lowest BCUT2D eigenvalue weighted by molar-refractivity contribution is -0.143. The third kappa shape index (κ3) is 5.87. The van der Waals surface area contributed by atoms with Crippen molar-refractivity contribution in [1.29, 1.82) is 0 Å². The van der Waals surface area contributed by atoms with E-state index >= 15 is 0 Å². The lowest BCUT2D eigenvalue weighted by Gasteiger charge is -2.13. The van der Waals surface area contributed by atoms with Crippen LogP contribution in [0.4, 0.5) is 26.3 Å². The van der Waals surface area contributed by atoms with Gasteiger partial charge in [0.15, 0.2) is 0 Å². The summed E-state index contributed by atoms with van der Waals surface area (Å²) in [7, 11) is 0. The molecule has 1 N–H and O–H groups in total. The maximum Gasteiger partial charge on any atom is 0.416 e. The zero-order chi connectivity index (χ0) is 20.2. The van der Waals surface area contributed by atoms with E-state index in [2.05, 4.69) is 0 Å². The molecule has 0 aromatic heterocycles. The molecule has 0 aliphatic heterocycles. The van der Waals surface area contributed by atoms with Crippen LogP contribution >= 0.6 is 0 Å². The van der Waals surface area contributed by atoms with Crippen LogP contribution in [-0.2, 0) is 23.6 Å². The first-order valence-corrected chi connectivity index (χ1v) is 7.74. The number of hydrogen-bond donors (Lipinski definition) is 1. The Bertz CT molecular complexity index is 803. The summed E-state index contributed by atoms with van der Waals surface area (Å²) in [5, 5.41) is 9.26. The van der Waals surface area contributed by atoms with E-state index in [0.717, 1.165) is 11.6 Å². The molecule has 0 saturated heterocycles. The third-order valence-corrected chi connectivity index (χ3v) is 3.75. The van der Waals surface area contributed by atoms with E-state index in [0.29, 0.717) is 12.1 Å². The van der Waals surface area contributed by atoms with Crippen molar-refractivity contribution in [1.82, 2.24) is 0 Å². The molecule has 0 unspecified atom stereocenters. The molecule has 0 spiro atoms. The Morgan fingerprint density at radius 1 is 0.889 bits per heavy atom. The van der Waals surface area contributed by atoms with E-state index in [9.17, 15) is 36.2 Å². The van der Waals surface area contributed by atoms with Gasteiger partial charge < -0.3 is 5.11 Å². The van der Waals surface area contributed by atoms with Gasteiger partial charge in [0.2, 0.25) is 0 Å². The van der Waals surface area contributed by atoms with Crippen molar-refractivity contribution >= 4 is 12.0 Å². The Hall–Kier alpha value is -2.77. The van der Waals surface area contributed by atoms with Gasteiger partial charge in [-0.2, -0.15) is 26.3 Å². The number of hydrogen-bond acceptors (Lipinski definition) is 1. The van der Waals surface area contributed by atoms with E-state index in [-0.39, 0.29) is 24.5 Å². The van der Waals surface area contributed by atoms with Crippen LogP contribution in [0.3, 0.4) is 0 Å². The summed E-state index contributed by atoms with van der Waals surface area (Å²) in [6.45, 7) is 0. The minimum absolute atomic E-state index is 0.00174. The number of carbonyl (C=O) groups is 1. The highest BCUT2D eigenvalue weighted by molar-refractivity contribution is 5.92. The number of rotatable bonds is 5. The van der Waals surface area contributed by atoms with Crippen molar-refractivity contribution in [3.63, 3.8) is 0 Å². The van der Waals surface area contributed by atoms with Crippen LogP contribution in [0.15, 0.2) is 54.1 Å². The molecule has 0 saturated carbocycles. The number of carboxylic acid groups (broad SMARTS) is 1. The molecule has 0 amide bonds. The topological polar surface area (TPSA) is 37.3 Å². The van der Waals surface area contributed by atoms with E-state index in [1.165, 1.54) is 0 Å². The number of aliphatic carboxylic acids is 1. The summed E-state index contributed by atoms with van der Waals surface area (Å²) < 4.78 is 77.4. The molecular weight excluding hydrogens is 374 g/mol. The van der Waals surface area contributed by atoms with Gasteiger partial charge in [-0.25, -0.2) is 4.79 Å². The monoisotopic (exact) mass is 388 g/mol. The van der Waals surface area contributed by atoms with E-state index in [1.54, 1.807) is 30.3 Å². The van der Waals surface area contributed by atoms with Crippen molar-refractivity contribution in [2.24, 2.45) is 0 Å². The van der Waals surface area contributed by atoms with Gasteiger partial charge in [-0.15, -0.1) is 0 Å². The fraction of sp³-hybridized carbons (Fsp3) is 0.211. The summed E-state index contributed by atoms with van der Waals surface area (Å²) in [5.41, 5.74) is -2.94. The van der Waals surface area contributed by atoms with Crippen molar-refractivity contribution in [3.8, 4) is 0 Å². The van der Waals surface area contributed by atoms with Crippen LogP contribution in [0.2, 0.25) is 0 Å². The standard InChI is InChI=1S/C19H14F6O2/c20-18(21,22)15-9-13(10-16(11-15)19(23,24)25)8-14(17(26)27)7-6-12-4-2-1-3-5-12/h1-5,8-11H,6-7H2,(H,26,27)/b14-8+. The van der Waals surface area contributed by atoms with Gasteiger partial charge in [-0.1, -0.05) is 30.3 Å². The quantitative estimate of drug-likeness (QED) is 0.517. The van der Waals surface area contributed by atoms with Crippen LogP contribution in [0.25, 0.3) is 6.08 Å². The number of carboxylic acids is 1. The smallest absolute Gasteiger partial charge is 0.416 e. The van der Waals surface area contributed by atoms with E-state index < -0.39 is 35.0 Å². The first-order chi connectivity index (χ1) is 12.5. The summed E-state index contributed by atoms with van der Waals surface area (Å²) in [4.78, 5) is 11.4. The van der Waals surface area contributed by atoms with Crippen molar-refractivity contribution in [2.75, 3.05) is 0 Å². The minimum atomic E-state index is -4.99. The van der Waals surface area contributed by atoms with E-state index in [1.807, 2.05) is 0 Å². The molecule has 8 heteroatoms. The van der Waals surface area contributed by atoms with Gasteiger partial charge in [0.25, 0.3) is 0 Å². The summed E-state index contributed by atoms with van der Waals surface area (Å²) >= 11 is 0. The number of aryl methyl sites for hydroxylation is 1. The summed E-state index contributed by atoms with van der Waals surface area (Å²) in [6, 6.07) is 9.72. The second-order valence-corrected chi connectivity index (χ2v) is 5.80. The minimum Gasteiger partial charge on any atom is -0.478 e. The fourth-order valence-electron chi connectivity index (χ4n) is 2.43. The Kier molecular flexibility index (Phi) is 5.98. The highest BCUT2D eigenvalue weighted by atomic mass is 19.4. The van der Waals surface area contributed by atoms with Gasteiger partial charge in [-0.05, 0) is 48.2 Å². The SMILES string of the molecule is O=C(O)/C(=C/c1cc(C(F)(F)F)cc(C(F)(F)F)c1)CCc1ccccc1. The van der Waals surface area contributed by atoms with Gasteiger partial charge in [-0.3, -0.25) is 0 Å². The van der Waals surface area contributed by atoms with Gasteiger partial charge in [0, 0.05) is 5.57 Å². The highest BCUT2D eigenvalue weighted by Gasteiger charge is 2.36. The normalized spacial score (nSPS) is 12.9. The first kappa shape index (κ1) is 20.5. The number of benzene rings is 2. The molecule has 144 valence electrons. The molecule has 2 aromatic carbocycles. The second kappa shape index (κ2) is 7.85. The summed E-state index contributed by atoms with van der Waals surface area (Å²) in [6.07, 6.45) is -8.90. The van der Waals surface area contributed by atoms with Crippen molar-refractivity contribution in [3.05, 3.63) is 76.4 Å².